The normalized spacial score (nSPS) is 14.8. The van der Waals surface area contributed by atoms with Crippen LogP contribution in [0.3, 0.4) is 0 Å². The summed E-state index contributed by atoms with van der Waals surface area (Å²) in [6.07, 6.45) is 0. The van der Waals surface area contributed by atoms with Crippen molar-refractivity contribution in [3.63, 3.8) is 0 Å². The molecule has 4 aromatic rings. The minimum absolute atomic E-state index is 0.303. The van der Waals surface area contributed by atoms with Crippen molar-refractivity contribution in [3.05, 3.63) is 125 Å². The Morgan fingerprint density at radius 3 is 1.94 bits per heavy atom. The van der Waals surface area contributed by atoms with Gasteiger partial charge in [-0.3, -0.25) is 9.80 Å². The van der Waals surface area contributed by atoms with E-state index >= 15 is 0 Å². The van der Waals surface area contributed by atoms with Crippen LogP contribution < -0.4 is 4.74 Å². The predicted molar refractivity (Wildman–Crippen MR) is 145 cm³/mol. The molecule has 0 saturated carbocycles. The zero-order valence-electron chi connectivity index (χ0n) is 20.7. The van der Waals surface area contributed by atoms with Gasteiger partial charge in [0.05, 0.1) is 13.2 Å². The highest BCUT2D eigenvalue weighted by molar-refractivity contribution is 5.66. The maximum Gasteiger partial charge on any atom is 0.119 e. The largest absolute Gasteiger partial charge is 0.497 e. The lowest BCUT2D eigenvalue weighted by atomic mass is 9.96. The molecule has 0 spiro atoms. The minimum atomic E-state index is 0.303. The molecule has 1 heterocycles. The molecule has 1 saturated heterocycles. The molecule has 0 aliphatic carbocycles. The Balaban J connectivity index is 1.30. The molecule has 178 valence electrons. The number of ether oxygens (including phenoxy) is 1. The average Bonchev–Trinajstić information content (AvgIpc) is 2.92. The van der Waals surface area contributed by atoms with Crippen LogP contribution in [0.2, 0.25) is 0 Å². The number of aryl methyl sites for hydroxylation is 1. The summed E-state index contributed by atoms with van der Waals surface area (Å²) in [5.74, 6) is 0.895. The number of nitrogens with zero attached hydrogens (tertiary/aromatic N) is 2. The second kappa shape index (κ2) is 10.9. The van der Waals surface area contributed by atoms with Crippen LogP contribution >= 0.6 is 0 Å². The van der Waals surface area contributed by atoms with E-state index in [9.17, 15) is 0 Å². The van der Waals surface area contributed by atoms with Crippen LogP contribution in [0.1, 0.15) is 28.3 Å². The predicted octanol–water partition coefficient (Wildman–Crippen LogP) is 6.58. The molecule has 5 rings (SSSR count). The van der Waals surface area contributed by atoms with Crippen LogP contribution in [-0.4, -0.2) is 43.1 Å². The molecule has 3 nitrogen and oxygen atoms in total. The maximum atomic E-state index is 5.43. The molecule has 3 heteroatoms. The maximum absolute atomic E-state index is 5.43. The van der Waals surface area contributed by atoms with Crippen molar-refractivity contribution in [1.82, 2.24) is 9.80 Å². The van der Waals surface area contributed by atoms with E-state index in [1.165, 1.54) is 33.4 Å². The lowest BCUT2D eigenvalue weighted by Gasteiger charge is -2.40. The third-order valence-electron chi connectivity index (χ3n) is 7.15. The molecule has 1 aliphatic heterocycles. The number of rotatable bonds is 7. The van der Waals surface area contributed by atoms with Gasteiger partial charge in [0, 0.05) is 32.7 Å². The van der Waals surface area contributed by atoms with E-state index in [0.717, 1.165) is 38.5 Å². The van der Waals surface area contributed by atoms with E-state index in [2.05, 4.69) is 114 Å². The third-order valence-corrected chi connectivity index (χ3v) is 7.15. The highest BCUT2D eigenvalue weighted by Gasteiger charge is 2.26. The minimum Gasteiger partial charge on any atom is -0.497 e. The van der Waals surface area contributed by atoms with Crippen LogP contribution in [0.25, 0.3) is 11.1 Å². The molecule has 0 bridgehead atoms. The van der Waals surface area contributed by atoms with Gasteiger partial charge in [0.25, 0.3) is 0 Å². The van der Waals surface area contributed by atoms with Crippen LogP contribution in [0.5, 0.6) is 5.75 Å². The first-order chi connectivity index (χ1) is 17.2. The van der Waals surface area contributed by atoms with Crippen LogP contribution in [0.4, 0.5) is 0 Å². The summed E-state index contributed by atoms with van der Waals surface area (Å²) in [4.78, 5) is 5.24. The van der Waals surface area contributed by atoms with Gasteiger partial charge in [0.1, 0.15) is 5.75 Å². The van der Waals surface area contributed by atoms with Crippen LogP contribution in [0.15, 0.2) is 103 Å². The first-order valence-corrected chi connectivity index (χ1v) is 12.5. The van der Waals surface area contributed by atoms with Crippen molar-refractivity contribution in [3.8, 4) is 16.9 Å². The molecule has 0 unspecified atom stereocenters. The summed E-state index contributed by atoms with van der Waals surface area (Å²) < 4.78 is 5.43. The van der Waals surface area contributed by atoms with Gasteiger partial charge in [-0.05, 0) is 58.5 Å². The van der Waals surface area contributed by atoms with Crippen LogP contribution in [-0.2, 0) is 6.54 Å². The van der Waals surface area contributed by atoms with Crippen molar-refractivity contribution in [2.24, 2.45) is 0 Å². The number of methoxy groups -OCH3 is 1. The van der Waals surface area contributed by atoms with E-state index < -0.39 is 0 Å². The molecule has 0 atom stereocenters. The Morgan fingerprint density at radius 2 is 1.31 bits per heavy atom. The van der Waals surface area contributed by atoms with E-state index in [1.54, 1.807) is 7.11 Å². The summed E-state index contributed by atoms with van der Waals surface area (Å²) in [7, 11) is 1.72. The molecule has 1 fully saturated rings. The monoisotopic (exact) mass is 462 g/mol. The molecule has 0 N–H and O–H groups in total. The molecule has 35 heavy (non-hydrogen) atoms. The fourth-order valence-electron chi connectivity index (χ4n) is 5.13. The topological polar surface area (TPSA) is 15.7 Å². The molecular formula is C32H34N2O. The highest BCUT2D eigenvalue weighted by Crippen LogP contribution is 2.30. The quantitative estimate of drug-likeness (QED) is 0.309. The number of benzene rings is 4. The Bertz CT molecular complexity index is 1190. The summed E-state index contributed by atoms with van der Waals surface area (Å²) in [6.45, 7) is 7.46. The van der Waals surface area contributed by atoms with Crippen molar-refractivity contribution in [2.75, 3.05) is 33.3 Å². The molecule has 1 aliphatic rings. The van der Waals surface area contributed by atoms with Gasteiger partial charge in [-0.25, -0.2) is 0 Å². The summed E-state index contributed by atoms with van der Waals surface area (Å²) in [6, 6.07) is 37.3. The zero-order valence-corrected chi connectivity index (χ0v) is 20.7. The summed E-state index contributed by atoms with van der Waals surface area (Å²) >= 11 is 0. The third kappa shape index (κ3) is 5.48. The van der Waals surface area contributed by atoms with E-state index in [-0.39, 0.29) is 0 Å². The van der Waals surface area contributed by atoms with Crippen molar-refractivity contribution in [2.45, 2.75) is 19.5 Å². The van der Waals surface area contributed by atoms with Gasteiger partial charge in [-0.2, -0.15) is 0 Å². The number of piperazine rings is 1. The van der Waals surface area contributed by atoms with E-state index in [0.29, 0.717) is 6.04 Å². The van der Waals surface area contributed by atoms with Crippen molar-refractivity contribution in [1.29, 1.82) is 0 Å². The second-order valence-corrected chi connectivity index (χ2v) is 9.41. The van der Waals surface area contributed by atoms with Crippen molar-refractivity contribution < 1.29 is 4.74 Å². The fraction of sp³-hybridized carbons (Fsp3) is 0.250. The molecule has 0 aromatic heterocycles. The van der Waals surface area contributed by atoms with Crippen molar-refractivity contribution >= 4 is 0 Å². The van der Waals surface area contributed by atoms with E-state index in [1.807, 2.05) is 6.07 Å². The molecule has 4 aromatic carbocycles. The van der Waals surface area contributed by atoms with Gasteiger partial charge in [-0.1, -0.05) is 84.9 Å². The summed E-state index contributed by atoms with van der Waals surface area (Å²) in [5.41, 5.74) is 7.94. The Labute approximate surface area is 209 Å². The molecule has 0 radical (unpaired) electrons. The number of hydrogen-bond acceptors (Lipinski definition) is 3. The zero-order chi connectivity index (χ0) is 24.0. The van der Waals surface area contributed by atoms with Gasteiger partial charge in [0.2, 0.25) is 0 Å². The Morgan fingerprint density at radius 1 is 0.686 bits per heavy atom. The highest BCUT2D eigenvalue weighted by atomic mass is 16.5. The lowest BCUT2D eigenvalue weighted by Crippen LogP contribution is -2.47. The Kier molecular flexibility index (Phi) is 7.27. The molecule has 0 amide bonds. The van der Waals surface area contributed by atoms with Gasteiger partial charge in [0.15, 0.2) is 0 Å². The smallest absolute Gasteiger partial charge is 0.119 e. The van der Waals surface area contributed by atoms with Gasteiger partial charge >= 0.3 is 0 Å². The van der Waals surface area contributed by atoms with Gasteiger partial charge in [-0.15, -0.1) is 0 Å². The summed E-state index contributed by atoms with van der Waals surface area (Å²) in [5, 5.41) is 0. The average molecular weight is 463 g/mol. The fourth-order valence-corrected chi connectivity index (χ4v) is 5.13. The second-order valence-electron chi connectivity index (χ2n) is 9.41. The first-order valence-electron chi connectivity index (χ1n) is 12.5. The van der Waals surface area contributed by atoms with Gasteiger partial charge < -0.3 is 4.74 Å². The first kappa shape index (κ1) is 23.3. The lowest BCUT2D eigenvalue weighted by molar-refractivity contribution is 0.105. The SMILES string of the molecule is COc1cccc(-c2ccc(C)c(CN3CCN(C(c4ccccc4)c4ccccc4)CC3)c2)c1. The van der Waals surface area contributed by atoms with Crippen LogP contribution in [0, 0.1) is 6.92 Å². The number of hydrogen-bond donors (Lipinski definition) is 0. The standard InChI is InChI=1S/C32H34N2O/c1-25-16-17-29(28-14-9-15-31(23-28)35-2)22-30(25)24-33-18-20-34(21-19-33)32(26-10-5-3-6-11-26)27-12-7-4-8-13-27/h3-17,22-23,32H,18-21,24H2,1-2H3. The Hall–Kier alpha value is -3.40. The van der Waals surface area contributed by atoms with E-state index in [4.69, 9.17) is 4.74 Å². The molecular weight excluding hydrogens is 428 g/mol.